The van der Waals surface area contributed by atoms with Crippen LogP contribution in [0.5, 0.6) is 5.75 Å². The SMILES string of the molecule is CC(C)c1ccc(OC[C@H]2[C@@H](N)CCN2C(=O)OC(C)(C)C)cc1. The van der Waals surface area contributed by atoms with Crippen LogP contribution in [0.4, 0.5) is 4.79 Å². The summed E-state index contributed by atoms with van der Waals surface area (Å²) in [4.78, 5) is 14.0. The normalized spacial score (nSPS) is 21.2. The van der Waals surface area contributed by atoms with E-state index in [0.29, 0.717) is 19.1 Å². The van der Waals surface area contributed by atoms with Gasteiger partial charge in [-0.25, -0.2) is 4.79 Å². The van der Waals surface area contributed by atoms with Gasteiger partial charge in [0.1, 0.15) is 18.0 Å². The predicted octanol–water partition coefficient (Wildman–Crippen LogP) is 3.53. The number of nitrogens with two attached hydrogens (primary N) is 1. The number of nitrogens with zero attached hydrogens (tertiary/aromatic N) is 1. The number of likely N-dealkylation sites (tertiary alicyclic amines) is 1. The predicted molar refractivity (Wildman–Crippen MR) is 95.3 cm³/mol. The van der Waals surface area contributed by atoms with Crippen molar-refractivity contribution in [3.8, 4) is 5.75 Å². The number of benzene rings is 1. The molecule has 1 aromatic rings. The number of carbonyl (C=O) groups is 1. The van der Waals surface area contributed by atoms with Gasteiger partial charge in [0.15, 0.2) is 0 Å². The lowest BCUT2D eigenvalue weighted by Gasteiger charge is -2.29. The Labute approximate surface area is 145 Å². The second kappa shape index (κ2) is 7.43. The van der Waals surface area contributed by atoms with E-state index >= 15 is 0 Å². The molecule has 1 aliphatic rings. The molecule has 0 radical (unpaired) electrons. The number of ether oxygens (including phenoxy) is 2. The Morgan fingerprint density at radius 3 is 2.46 bits per heavy atom. The van der Waals surface area contributed by atoms with Gasteiger partial charge in [0.25, 0.3) is 0 Å². The lowest BCUT2D eigenvalue weighted by molar-refractivity contribution is 0.0179. The Morgan fingerprint density at radius 1 is 1.29 bits per heavy atom. The standard InChI is InChI=1S/C19H30N2O3/c1-13(2)14-6-8-15(9-7-14)23-12-17-16(20)10-11-21(17)18(22)24-19(3,4)5/h6-9,13,16-17H,10-12,20H2,1-5H3/t16-,17-/m0/s1. The Bertz CT molecular complexity index is 549. The van der Waals surface area contributed by atoms with Crippen LogP contribution in [0, 0.1) is 0 Å². The number of amides is 1. The zero-order valence-corrected chi connectivity index (χ0v) is 15.4. The molecule has 1 saturated heterocycles. The molecule has 1 aromatic carbocycles. The van der Waals surface area contributed by atoms with Crippen molar-refractivity contribution in [1.29, 1.82) is 0 Å². The highest BCUT2D eigenvalue weighted by Gasteiger charge is 2.37. The average molecular weight is 334 g/mol. The molecule has 1 aliphatic heterocycles. The summed E-state index contributed by atoms with van der Waals surface area (Å²) >= 11 is 0. The molecule has 0 saturated carbocycles. The third kappa shape index (κ3) is 4.87. The smallest absolute Gasteiger partial charge is 0.410 e. The molecular weight excluding hydrogens is 304 g/mol. The summed E-state index contributed by atoms with van der Waals surface area (Å²) in [5, 5.41) is 0. The first-order valence-electron chi connectivity index (χ1n) is 8.65. The van der Waals surface area contributed by atoms with Crippen molar-refractivity contribution in [3.05, 3.63) is 29.8 Å². The van der Waals surface area contributed by atoms with Crippen LogP contribution in [0.1, 0.15) is 52.5 Å². The van der Waals surface area contributed by atoms with E-state index in [1.54, 1.807) is 4.90 Å². The van der Waals surface area contributed by atoms with Crippen molar-refractivity contribution < 1.29 is 14.3 Å². The highest BCUT2D eigenvalue weighted by molar-refractivity contribution is 5.69. The van der Waals surface area contributed by atoms with Crippen molar-refractivity contribution in [2.45, 2.75) is 64.6 Å². The molecule has 134 valence electrons. The maximum absolute atomic E-state index is 12.3. The van der Waals surface area contributed by atoms with Gasteiger partial charge in [-0.15, -0.1) is 0 Å². The molecule has 2 N–H and O–H groups in total. The van der Waals surface area contributed by atoms with Gasteiger partial charge in [0.05, 0.1) is 6.04 Å². The van der Waals surface area contributed by atoms with Crippen molar-refractivity contribution >= 4 is 6.09 Å². The second-order valence-corrected chi connectivity index (χ2v) is 7.73. The first-order valence-corrected chi connectivity index (χ1v) is 8.65. The summed E-state index contributed by atoms with van der Waals surface area (Å²) in [6.45, 7) is 10.9. The zero-order chi connectivity index (χ0) is 17.9. The van der Waals surface area contributed by atoms with E-state index in [0.717, 1.165) is 12.2 Å². The lowest BCUT2D eigenvalue weighted by atomic mass is 10.0. The molecule has 0 spiro atoms. The van der Waals surface area contributed by atoms with E-state index in [9.17, 15) is 4.79 Å². The minimum atomic E-state index is -0.512. The maximum Gasteiger partial charge on any atom is 0.410 e. The van der Waals surface area contributed by atoms with Crippen LogP contribution in [0.25, 0.3) is 0 Å². The highest BCUT2D eigenvalue weighted by atomic mass is 16.6. The minimum Gasteiger partial charge on any atom is -0.491 e. The summed E-state index contributed by atoms with van der Waals surface area (Å²) in [7, 11) is 0. The van der Waals surface area contributed by atoms with Crippen LogP contribution in [0.15, 0.2) is 24.3 Å². The maximum atomic E-state index is 12.3. The van der Waals surface area contributed by atoms with E-state index in [1.807, 2.05) is 32.9 Å². The fourth-order valence-electron chi connectivity index (χ4n) is 2.77. The van der Waals surface area contributed by atoms with Gasteiger partial charge >= 0.3 is 6.09 Å². The number of carbonyl (C=O) groups excluding carboxylic acids is 1. The molecule has 1 fully saturated rings. The van der Waals surface area contributed by atoms with Gasteiger partial charge in [0.2, 0.25) is 0 Å². The van der Waals surface area contributed by atoms with Crippen LogP contribution in [0.3, 0.4) is 0 Å². The quantitative estimate of drug-likeness (QED) is 0.915. The molecule has 5 heteroatoms. The minimum absolute atomic E-state index is 0.0903. The molecular formula is C19H30N2O3. The summed E-state index contributed by atoms with van der Waals surface area (Å²) in [5.41, 5.74) is 6.93. The van der Waals surface area contributed by atoms with Gasteiger partial charge in [-0.2, -0.15) is 0 Å². The molecule has 1 heterocycles. The van der Waals surface area contributed by atoms with Crippen LogP contribution in [0.2, 0.25) is 0 Å². The fraction of sp³-hybridized carbons (Fsp3) is 0.632. The van der Waals surface area contributed by atoms with E-state index in [1.165, 1.54) is 5.56 Å². The summed E-state index contributed by atoms with van der Waals surface area (Å²) in [6, 6.07) is 7.82. The fourth-order valence-corrected chi connectivity index (χ4v) is 2.77. The lowest BCUT2D eigenvalue weighted by Crippen LogP contribution is -2.47. The summed E-state index contributed by atoms with van der Waals surface area (Å²) in [5.74, 6) is 1.28. The number of hydrogen-bond acceptors (Lipinski definition) is 4. The van der Waals surface area contributed by atoms with Crippen LogP contribution in [-0.4, -0.2) is 41.8 Å². The van der Waals surface area contributed by atoms with E-state index < -0.39 is 5.60 Å². The zero-order valence-electron chi connectivity index (χ0n) is 15.4. The van der Waals surface area contributed by atoms with Gasteiger partial charge in [-0.1, -0.05) is 26.0 Å². The molecule has 1 amide bonds. The van der Waals surface area contributed by atoms with Gasteiger partial charge in [0, 0.05) is 12.6 Å². The van der Waals surface area contributed by atoms with Gasteiger partial charge in [-0.05, 0) is 50.8 Å². The van der Waals surface area contributed by atoms with Crippen molar-refractivity contribution in [1.82, 2.24) is 4.90 Å². The van der Waals surface area contributed by atoms with E-state index in [4.69, 9.17) is 15.2 Å². The van der Waals surface area contributed by atoms with Crippen molar-refractivity contribution in [2.24, 2.45) is 5.73 Å². The Hall–Kier alpha value is -1.75. The van der Waals surface area contributed by atoms with Gasteiger partial charge < -0.3 is 20.1 Å². The van der Waals surface area contributed by atoms with Crippen LogP contribution >= 0.6 is 0 Å². The van der Waals surface area contributed by atoms with Crippen LogP contribution in [-0.2, 0) is 4.74 Å². The number of hydrogen-bond donors (Lipinski definition) is 1. The molecule has 2 atom stereocenters. The van der Waals surface area contributed by atoms with E-state index in [2.05, 4.69) is 26.0 Å². The molecule has 24 heavy (non-hydrogen) atoms. The first-order chi connectivity index (χ1) is 11.2. The molecule has 0 aliphatic carbocycles. The molecule has 0 bridgehead atoms. The second-order valence-electron chi connectivity index (χ2n) is 7.73. The Kier molecular flexibility index (Phi) is 5.75. The highest BCUT2D eigenvalue weighted by Crippen LogP contribution is 2.23. The topological polar surface area (TPSA) is 64.8 Å². The Morgan fingerprint density at radius 2 is 1.92 bits per heavy atom. The van der Waals surface area contributed by atoms with Gasteiger partial charge in [-0.3, -0.25) is 0 Å². The molecule has 0 aromatic heterocycles. The van der Waals surface area contributed by atoms with Crippen LogP contribution < -0.4 is 10.5 Å². The molecule has 2 rings (SSSR count). The third-order valence-corrected chi connectivity index (χ3v) is 4.19. The largest absolute Gasteiger partial charge is 0.491 e. The Balaban J connectivity index is 1.97. The summed E-state index contributed by atoms with van der Waals surface area (Å²) < 4.78 is 11.3. The monoisotopic (exact) mass is 334 g/mol. The van der Waals surface area contributed by atoms with E-state index in [-0.39, 0.29) is 18.2 Å². The summed E-state index contributed by atoms with van der Waals surface area (Å²) in [6.07, 6.45) is 0.443. The first kappa shape index (κ1) is 18.6. The number of rotatable bonds is 4. The molecule has 5 nitrogen and oxygen atoms in total. The van der Waals surface area contributed by atoms with Crippen molar-refractivity contribution in [2.75, 3.05) is 13.2 Å². The average Bonchev–Trinajstić information content (AvgIpc) is 2.85. The van der Waals surface area contributed by atoms with Crippen molar-refractivity contribution in [3.63, 3.8) is 0 Å². The molecule has 0 unspecified atom stereocenters. The third-order valence-electron chi connectivity index (χ3n) is 4.19.